The first kappa shape index (κ1) is 14.5. The molecule has 1 aromatic rings. The predicted molar refractivity (Wildman–Crippen MR) is 76.5 cm³/mol. The Hall–Kier alpha value is -0.520. The van der Waals surface area contributed by atoms with Crippen molar-refractivity contribution in [1.82, 2.24) is 5.32 Å². The molecule has 1 heterocycles. The third-order valence-corrected chi connectivity index (χ3v) is 4.62. The third kappa shape index (κ3) is 5.57. The van der Waals surface area contributed by atoms with E-state index in [2.05, 4.69) is 12.2 Å². The van der Waals surface area contributed by atoms with Crippen molar-refractivity contribution >= 4 is 29.0 Å². The fourth-order valence-corrected chi connectivity index (χ4v) is 2.97. The van der Waals surface area contributed by atoms with Gasteiger partial charge in [0.05, 0.1) is 11.8 Å². The Bertz CT molecular complexity index is 327. The summed E-state index contributed by atoms with van der Waals surface area (Å²) in [6.07, 6.45) is 0.959. The van der Waals surface area contributed by atoms with Gasteiger partial charge in [-0.15, -0.1) is 11.3 Å². The topological polar surface area (TPSA) is 55.1 Å². The monoisotopic (exact) mass is 272 g/mol. The summed E-state index contributed by atoms with van der Waals surface area (Å²) in [5.41, 5.74) is 5.79. The van der Waals surface area contributed by atoms with E-state index in [-0.39, 0.29) is 18.0 Å². The molecule has 2 unspecified atom stereocenters. The van der Waals surface area contributed by atoms with Crippen LogP contribution in [0.3, 0.4) is 0 Å². The summed E-state index contributed by atoms with van der Waals surface area (Å²) in [5.74, 6) is 1.42. The molecule has 0 saturated carbocycles. The summed E-state index contributed by atoms with van der Waals surface area (Å²) in [6.45, 7) is 4.07. The van der Waals surface area contributed by atoms with Crippen LogP contribution in [0.2, 0.25) is 0 Å². The summed E-state index contributed by atoms with van der Waals surface area (Å²) in [7, 11) is 0. The van der Waals surface area contributed by atoms with Gasteiger partial charge in [-0.2, -0.15) is 11.8 Å². The summed E-state index contributed by atoms with van der Waals surface area (Å²) in [4.78, 5) is 12.8. The van der Waals surface area contributed by atoms with Crippen LogP contribution >= 0.6 is 23.1 Å². The van der Waals surface area contributed by atoms with E-state index in [1.165, 1.54) is 4.88 Å². The van der Waals surface area contributed by atoms with Crippen molar-refractivity contribution in [3.63, 3.8) is 0 Å². The maximum Gasteiger partial charge on any atom is 0.230 e. The average Bonchev–Trinajstić information content (AvgIpc) is 2.82. The molecule has 0 aliphatic rings. The van der Waals surface area contributed by atoms with E-state index in [0.29, 0.717) is 5.75 Å². The second-order valence-electron chi connectivity index (χ2n) is 3.99. The molecule has 1 rings (SSSR count). The minimum absolute atomic E-state index is 0.0826. The lowest BCUT2D eigenvalue weighted by Gasteiger charge is -2.12. The van der Waals surface area contributed by atoms with Gasteiger partial charge < -0.3 is 11.1 Å². The lowest BCUT2D eigenvalue weighted by molar-refractivity contribution is -0.119. The molecule has 0 aliphatic carbocycles. The van der Waals surface area contributed by atoms with Crippen molar-refractivity contribution in [2.75, 3.05) is 11.5 Å². The van der Waals surface area contributed by atoms with E-state index in [1.54, 1.807) is 23.1 Å². The fraction of sp³-hybridized carbons (Fsp3) is 0.583. The number of amides is 1. The maximum atomic E-state index is 11.7. The Morgan fingerprint density at radius 2 is 2.41 bits per heavy atom. The number of carbonyl (C=O) groups excluding carboxylic acids is 1. The predicted octanol–water partition coefficient (Wildman–Crippen LogP) is 2.40. The zero-order valence-electron chi connectivity index (χ0n) is 10.3. The molecule has 3 N–H and O–H groups in total. The quantitative estimate of drug-likeness (QED) is 0.801. The van der Waals surface area contributed by atoms with Gasteiger partial charge in [0.25, 0.3) is 0 Å². The Kier molecular flexibility index (Phi) is 6.62. The van der Waals surface area contributed by atoms with Crippen LogP contribution in [0.5, 0.6) is 0 Å². The first-order valence-electron chi connectivity index (χ1n) is 5.79. The van der Waals surface area contributed by atoms with Crippen LogP contribution in [0.4, 0.5) is 0 Å². The lowest BCUT2D eigenvalue weighted by Crippen LogP contribution is -2.29. The molecule has 0 aromatic carbocycles. The van der Waals surface area contributed by atoms with E-state index in [4.69, 9.17) is 5.73 Å². The van der Waals surface area contributed by atoms with E-state index < -0.39 is 0 Å². The minimum Gasteiger partial charge on any atom is -0.348 e. The standard InChI is InChI=1S/C12H20N2OS2/c1-3-10(13)7-16-8-12(15)14-9(2)11-5-4-6-17-11/h4-6,9-10H,3,7-8,13H2,1-2H3,(H,14,15). The van der Waals surface area contributed by atoms with E-state index >= 15 is 0 Å². The summed E-state index contributed by atoms with van der Waals surface area (Å²) >= 11 is 3.26. The zero-order chi connectivity index (χ0) is 12.7. The SMILES string of the molecule is CCC(N)CSCC(=O)NC(C)c1cccs1. The molecule has 0 aliphatic heterocycles. The molecule has 0 bridgehead atoms. The van der Waals surface area contributed by atoms with Crippen LogP contribution in [0.15, 0.2) is 17.5 Å². The molecule has 1 amide bonds. The molecule has 0 saturated heterocycles. The Balaban J connectivity index is 2.21. The summed E-state index contributed by atoms with van der Waals surface area (Å²) in [6, 6.07) is 4.33. The molecule has 3 nitrogen and oxygen atoms in total. The largest absolute Gasteiger partial charge is 0.348 e. The highest BCUT2D eigenvalue weighted by Crippen LogP contribution is 2.18. The number of hydrogen-bond acceptors (Lipinski definition) is 4. The molecule has 5 heteroatoms. The van der Waals surface area contributed by atoms with Gasteiger partial charge in [-0.05, 0) is 24.8 Å². The Labute approximate surface area is 111 Å². The number of nitrogens with two attached hydrogens (primary N) is 1. The molecular formula is C12H20N2OS2. The average molecular weight is 272 g/mol. The summed E-state index contributed by atoms with van der Waals surface area (Å²) in [5, 5.41) is 5.00. The van der Waals surface area contributed by atoms with Crippen LogP contribution in [-0.2, 0) is 4.79 Å². The van der Waals surface area contributed by atoms with Crippen LogP contribution in [0, 0.1) is 0 Å². The van der Waals surface area contributed by atoms with Gasteiger partial charge in [0.2, 0.25) is 5.91 Å². The highest BCUT2D eigenvalue weighted by Gasteiger charge is 2.10. The Morgan fingerprint density at radius 1 is 1.65 bits per heavy atom. The van der Waals surface area contributed by atoms with Crippen LogP contribution in [0.25, 0.3) is 0 Å². The van der Waals surface area contributed by atoms with Gasteiger partial charge in [0, 0.05) is 16.7 Å². The molecule has 2 atom stereocenters. The number of hydrogen-bond donors (Lipinski definition) is 2. The molecule has 17 heavy (non-hydrogen) atoms. The first-order chi connectivity index (χ1) is 8.13. The maximum absolute atomic E-state index is 11.7. The van der Waals surface area contributed by atoms with Gasteiger partial charge in [-0.1, -0.05) is 13.0 Å². The van der Waals surface area contributed by atoms with Gasteiger partial charge in [-0.3, -0.25) is 4.79 Å². The van der Waals surface area contributed by atoms with Gasteiger partial charge in [-0.25, -0.2) is 0 Å². The Morgan fingerprint density at radius 3 is 3.00 bits per heavy atom. The van der Waals surface area contributed by atoms with Crippen molar-refractivity contribution in [1.29, 1.82) is 0 Å². The van der Waals surface area contributed by atoms with Crippen molar-refractivity contribution in [2.45, 2.75) is 32.4 Å². The number of nitrogens with one attached hydrogen (secondary N) is 1. The fourth-order valence-electron chi connectivity index (χ4n) is 1.31. The number of thiophene rings is 1. The van der Waals surface area contributed by atoms with Gasteiger partial charge in [0.15, 0.2) is 0 Å². The van der Waals surface area contributed by atoms with Gasteiger partial charge in [0.1, 0.15) is 0 Å². The van der Waals surface area contributed by atoms with Crippen molar-refractivity contribution in [2.24, 2.45) is 5.73 Å². The number of thioether (sulfide) groups is 1. The first-order valence-corrected chi connectivity index (χ1v) is 7.83. The highest BCUT2D eigenvalue weighted by molar-refractivity contribution is 7.99. The van der Waals surface area contributed by atoms with Crippen LogP contribution < -0.4 is 11.1 Å². The smallest absolute Gasteiger partial charge is 0.230 e. The van der Waals surface area contributed by atoms with E-state index in [1.807, 2.05) is 24.4 Å². The molecule has 0 radical (unpaired) electrons. The van der Waals surface area contributed by atoms with Gasteiger partial charge >= 0.3 is 0 Å². The van der Waals surface area contributed by atoms with Crippen molar-refractivity contribution < 1.29 is 4.79 Å². The van der Waals surface area contributed by atoms with Crippen molar-refractivity contribution in [3.8, 4) is 0 Å². The van der Waals surface area contributed by atoms with E-state index in [0.717, 1.165) is 12.2 Å². The zero-order valence-corrected chi connectivity index (χ0v) is 11.9. The van der Waals surface area contributed by atoms with Crippen molar-refractivity contribution in [3.05, 3.63) is 22.4 Å². The second kappa shape index (κ2) is 7.74. The molecule has 0 spiro atoms. The second-order valence-corrected chi connectivity index (χ2v) is 6.00. The van der Waals surface area contributed by atoms with Crippen LogP contribution in [0.1, 0.15) is 31.2 Å². The summed E-state index contributed by atoms with van der Waals surface area (Å²) < 4.78 is 0. The molecule has 96 valence electrons. The number of rotatable bonds is 7. The highest BCUT2D eigenvalue weighted by atomic mass is 32.2. The molecule has 0 fully saturated rings. The molecular weight excluding hydrogens is 252 g/mol. The van der Waals surface area contributed by atoms with Crippen LogP contribution in [-0.4, -0.2) is 23.5 Å². The lowest BCUT2D eigenvalue weighted by atomic mass is 10.3. The van der Waals surface area contributed by atoms with E-state index in [9.17, 15) is 4.79 Å². The molecule has 1 aromatic heterocycles. The normalized spacial score (nSPS) is 14.3. The minimum atomic E-state index is 0.0826. The number of carbonyl (C=O) groups is 1. The third-order valence-electron chi connectivity index (χ3n) is 2.44.